The fraction of sp³-hybridized carbons (Fsp3) is 0.600. The lowest BCUT2D eigenvalue weighted by Gasteiger charge is -2.25. The lowest BCUT2D eigenvalue weighted by Crippen LogP contribution is -2.28. The van der Waals surface area contributed by atoms with Crippen LogP contribution in [0.2, 0.25) is 0 Å². The zero-order chi connectivity index (χ0) is 14.4. The smallest absolute Gasteiger partial charge is 0.0403 e. The van der Waals surface area contributed by atoms with E-state index in [2.05, 4.69) is 37.1 Å². The molecule has 0 amide bonds. The van der Waals surface area contributed by atoms with Crippen molar-refractivity contribution in [2.24, 2.45) is 0 Å². The van der Waals surface area contributed by atoms with Gasteiger partial charge in [-0.05, 0) is 74.3 Å². The predicted molar refractivity (Wildman–Crippen MR) is 90.9 cm³/mol. The SMILES string of the molecule is CC1=C(c2ccc3c(c2)C2(CCCC2)CN3C)CCCC1. The van der Waals surface area contributed by atoms with E-state index in [-0.39, 0.29) is 0 Å². The topological polar surface area (TPSA) is 3.24 Å². The van der Waals surface area contributed by atoms with Gasteiger partial charge in [0.1, 0.15) is 0 Å². The highest BCUT2D eigenvalue weighted by atomic mass is 15.1. The summed E-state index contributed by atoms with van der Waals surface area (Å²) in [6.07, 6.45) is 11.0. The van der Waals surface area contributed by atoms with Crippen LogP contribution in [0.15, 0.2) is 23.8 Å². The van der Waals surface area contributed by atoms with Crippen molar-refractivity contribution in [2.45, 2.75) is 63.7 Å². The standard InChI is InChI=1S/C20H27N/c1-15-7-3-4-8-17(15)16-9-10-19-18(13-16)20(14-21(19)2)11-5-6-12-20/h9-10,13H,3-8,11-12,14H2,1-2H3. The third kappa shape index (κ3) is 2.05. The molecule has 21 heavy (non-hydrogen) atoms. The van der Waals surface area contributed by atoms with E-state index in [9.17, 15) is 0 Å². The minimum atomic E-state index is 0.475. The van der Waals surface area contributed by atoms with Gasteiger partial charge in [-0.3, -0.25) is 0 Å². The number of anilines is 1. The number of allylic oxidation sites excluding steroid dienone is 2. The zero-order valence-corrected chi connectivity index (χ0v) is 13.5. The molecule has 1 aliphatic heterocycles. The highest BCUT2D eigenvalue weighted by Crippen LogP contribution is 2.50. The Morgan fingerprint density at radius 1 is 1.00 bits per heavy atom. The molecule has 1 saturated carbocycles. The Hall–Kier alpha value is -1.24. The summed E-state index contributed by atoms with van der Waals surface area (Å²) in [5, 5.41) is 0. The van der Waals surface area contributed by atoms with E-state index in [1.54, 1.807) is 16.7 Å². The van der Waals surface area contributed by atoms with Gasteiger partial charge in [0.15, 0.2) is 0 Å². The van der Waals surface area contributed by atoms with Crippen LogP contribution in [0.25, 0.3) is 5.57 Å². The van der Waals surface area contributed by atoms with Gasteiger partial charge in [-0.2, -0.15) is 0 Å². The fourth-order valence-corrected chi connectivity index (χ4v) is 5.03. The molecular formula is C20H27N. The summed E-state index contributed by atoms with van der Waals surface area (Å²) in [5.41, 5.74) is 8.43. The molecule has 0 radical (unpaired) electrons. The number of hydrogen-bond donors (Lipinski definition) is 0. The van der Waals surface area contributed by atoms with E-state index in [1.165, 1.54) is 69.2 Å². The normalized spacial score (nSPS) is 24.0. The number of fused-ring (bicyclic) bond motifs is 2. The van der Waals surface area contributed by atoms with Crippen molar-refractivity contribution in [2.75, 3.05) is 18.5 Å². The Kier molecular flexibility index (Phi) is 3.13. The van der Waals surface area contributed by atoms with Crippen LogP contribution < -0.4 is 4.90 Å². The highest BCUT2D eigenvalue weighted by Gasteiger charge is 2.43. The monoisotopic (exact) mass is 281 g/mol. The quantitative estimate of drug-likeness (QED) is 0.675. The van der Waals surface area contributed by atoms with Crippen molar-refractivity contribution in [1.29, 1.82) is 0 Å². The molecule has 1 heteroatoms. The summed E-state index contributed by atoms with van der Waals surface area (Å²) in [7, 11) is 2.27. The maximum atomic E-state index is 2.56. The second-order valence-electron chi connectivity index (χ2n) is 7.54. The molecule has 1 spiro atoms. The van der Waals surface area contributed by atoms with Gasteiger partial charge in [0.05, 0.1) is 0 Å². The van der Waals surface area contributed by atoms with E-state index in [0.29, 0.717) is 5.41 Å². The maximum Gasteiger partial charge on any atom is 0.0403 e. The lowest BCUT2D eigenvalue weighted by atomic mass is 9.79. The Morgan fingerprint density at radius 2 is 1.76 bits per heavy atom. The minimum Gasteiger partial charge on any atom is -0.373 e. The van der Waals surface area contributed by atoms with Crippen molar-refractivity contribution < 1.29 is 0 Å². The summed E-state index contributed by atoms with van der Waals surface area (Å²) in [6.45, 7) is 3.59. The molecule has 1 fully saturated rings. The average molecular weight is 281 g/mol. The first kappa shape index (κ1) is 13.4. The molecule has 0 N–H and O–H groups in total. The predicted octanol–water partition coefficient (Wildman–Crippen LogP) is 5.30. The average Bonchev–Trinajstić information content (AvgIpc) is 3.06. The largest absolute Gasteiger partial charge is 0.373 e. The molecule has 3 aliphatic rings. The number of rotatable bonds is 1. The third-order valence-corrected chi connectivity index (χ3v) is 6.17. The molecule has 4 rings (SSSR count). The van der Waals surface area contributed by atoms with Gasteiger partial charge in [0, 0.05) is 24.7 Å². The molecule has 1 nitrogen and oxygen atoms in total. The van der Waals surface area contributed by atoms with Crippen molar-refractivity contribution >= 4 is 11.3 Å². The van der Waals surface area contributed by atoms with E-state index in [1.807, 2.05) is 0 Å². The van der Waals surface area contributed by atoms with Crippen molar-refractivity contribution in [3.8, 4) is 0 Å². The van der Waals surface area contributed by atoms with Gasteiger partial charge in [-0.15, -0.1) is 0 Å². The molecule has 112 valence electrons. The van der Waals surface area contributed by atoms with Crippen molar-refractivity contribution in [3.05, 3.63) is 34.9 Å². The van der Waals surface area contributed by atoms with Gasteiger partial charge in [-0.1, -0.05) is 24.5 Å². The Labute approximate surface area is 129 Å². The number of hydrogen-bond acceptors (Lipinski definition) is 1. The first-order valence-corrected chi connectivity index (χ1v) is 8.74. The van der Waals surface area contributed by atoms with Crippen LogP contribution >= 0.6 is 0 Å². The second-order valence-corrected chi connectivity index (χ2v) is 7.54. The van der Waals surface area contributed by atoms with Gasteiger partial charge < -0.3 is 4.90 Å². The number of nitrogens with zero attached hydrogens (tertiary/aromatic N) is 1. The Morgan fingerprint density at radius 3 is 2.52 bits per heavy atom. The molecule has 1 aromatic carbocycles. The summed E-state index contributed by atoms with van der Waals surface area (Å²) in [6, 6.07) is 7.34. The Balaban J connectivity index is 1.80. The van der Waals surface area contributed by atoms with Gasteiger partial charge in [-0.25, -0.2) is 0 Å². The molecule has 2 aliphatic carbocycles. The minimum absolute atomic E-state index is 0.475. The van der Waals surface area contributed by atoms with Gasteiger partial charge in [0.2, 0.25) is 0 Å². The molecule has 1 aromatic rings. The van der Waals surface area contributed by atoms with E-state index in [0.717, 1.165) is 0 Å². The molecule has 0 unspecified atom stereocenters. The van der Waals surface area contributed by atoms with Crippen LogP contribution in [0.5, 0.6) is 0 Å². The molecular weight excluding hydrogens is 254 g/mol. The fourth-order valence-electron chi connectivity index (χ4n) is 5.03. The Bertz CT molecular complexity index is 590. The van der Waals surface area contributed by atoms with E-state index in [4.69, 9.17) is 0 Å². The molecule has 0 aromatic heterocycles. The van der Waals surface area contributed by atoms with Crippen LogP contribution in [-0.2, 0) is 5.41 Å². The summed E-state index contributed by atoms with van der Waals surface area (Å²) in [5.74, 6) is 0. The molecule has 0 bridgehead atoms. The second kappa shape index (κ2) is 4.90. The first-order chi connectivity index (χ1) is 10.2. The van der Waals surface area contributed by atoms with Crippen LogP contribution in [0.3, 0.4) is 0 Å². The molecule has 0 atom stereocenters. The molecule has 0 saturated heterocycles. The maximum absolute atomic E-state index is 2.56. The molecule has 1 heterocycles. The van der Waals surface area contributed by atoms with Crippen molar-refractivity contribution in [1.82, 2.24) is 0 Å². The van der Waals surface area contributed by atoms with Crippen molar-refractivity contribution in [3.63, 3.8) is 0 Å². The first-order valence-electron chi connectivity index (χ1n) is 8.74. The van der Waals surface area contributed by atoms with Crippen LogP contribution in [0.4, 0.5) is 5.69 Å². The zero-order valence-electron chi connectivity index (χ0n) is 13.5. The summed E-state index contributed by atoms with van der Waals surface area (Å²) < 4.78 is 0. The van der Waals surface area contributed by atoms with Gasteiger partial charge >= 0.3 is 0 Å². The lowest BCUT2D eigenvalue weighted by molar-refractivity contribution is 0.473. The van der Waals surface area contributed by atoms with Gasteiger partial charge in [0.25, 0.3) is 0 Å². The van der Waals surface area contributed by atoms with Crippen LogP contribution in [0.1, 0.15) is 69.4 Å². The van der Waals surface area contributed by atoms with E-state index < -0.39 is 0 Å². The summed E-state index contributed by atoms with van der Waals surface area (Å²) in [4.78, 5) is 2.49. The number of benzene rings is 1. The van der Waals surface area contributed by atoms with Crippen LogP contribution in [-0.4, -0.2) is 13.6 Å². The number of likely N-dealkylation sites (N-methyl/N-ethyl adjacent to an activating group) is 1. The van der Waals surface area contributed by atoms with Crippen LogP contribution in [0, 0.1) is 0 Å². The third-order valence-electron chi connectivity index (χ3n) is 6.17. The van der Waals surface area contributed by atoms with E-state index >= 15 is 0 Å². The summed E-state index contributed by atoms with van der Waals surface area (Å²) >= 11 is 0. The highest BCUT2D eigenvalue weighted by molar-refractivity contribution is 5.74.